The topological polar surface area (TPSA) is 43.4 Å². The summed E-state index contributed by atoms with van der Waals surface area (Å²) in [4.78, 5) is 23.2. The third kappa shape index (κ3) is 3.72. The zero-order valence-corrected chi connectivity index (χ0v) is 14.9. The van der Waals surface area contributed by atoms with E-state index in [2.05, 4.69) is 12.1 Å². The van der Waals surface area contributed by atoms with Gasteiger partial charge in [0.2, 0.25) is 0 Å². The van der Waals surface area contributed by atoms with E-state index in [1.165, 1.54) is 7.11 Å². The highest BCUT2D eigenvalue weighted by Crippen LogP contribution is 2.25. The van der Waals surface area contributed by atoms with Gasteiger partial charge in [-0.1, -0.05) is 67.6 Å². The maximum absolute atomic E-state index is 11.7. The van der Waals surface area contributed by atoms with Crippen LogP contribution in [0.3, 0.4) is 0 Å². The Morgan fingerprint density at radius 3 is 1.35 bits per heavy atom. The summed E-state index contributed by atoms with van der Waals surface area (Å²) in [6.45, 7) is 1.87. The molecule has 0 unspecified atom stereocenters. The van der Waals surface area contributed by atoms with Gasteiger partial charge in [-0.3, -0.25) is 4.79 Å². The maximum atomic E-state index is 11.7. The largest absolute Gasteiger partial charge is 0.465 e. The van der Waals surface area contributed by atoms with E-state index >= 15 is 0 Å². The molecule has 0 N–H and O–H groups in total. The molecule has 0 atom stereocenters. The van der Waals surface area contributed by atoms with E-state index in [0.717, 1.165) is 27.8 Å². The van der Waals surface area contributed by atoms with Gasteiger partial charge in [0.25, 0.3) is 0 Å². The molecular weight excluding hydrogens is 324 g/mol. The first-order valence-corrected chi connectivity index (χ1v) is 8.55. The molecule has 0 bridgehead atoms. The van der Waals surface area contributed by atoms with Crippen molar-refractivity contribution in [3.63, 3.8) is 0 Å². The number of hydrogen-bond acceptors (Lipinski definition) is 3. The van der Waals surface area contributed by atoms with Gasteiger partial charge >= 0.3 is 5.97 Å². The quantitative estimate of drug-likeness (QED) is 0.460. The summed E-state index contributed by atoms with van der Waals surface area (Å²) in [5.41, 5.74) is 5.56. The second kappa shape index (κ2) is 7.79. The molecule has 26 heavy (non-hydrogen) atoms. The minimum absolute atomic E-state index is 0.155. The molecule has 0 aliphatic heterocycles. The zero-order chi connectivity index (χ0) is 18.5. The van der Waals surface area contributed by atoms with Crippen LogP contribution in [0, 0.1) is 0 Å². The van der Waals surface area contributed by atoms with Crippen LogP contribution in [0.5, 0.6) is 0 Å². The molecule has 3 nitrogen and oxygen atoms in total. The molecule has 0 spiro atoms. The Bertz CT molecular complexity index is 827. The molecule has 3 heteroatoms. The van der Waals surface area contributed by atoms with Crippen molar-refractivity contribution in [3.05, 3.63) is 83.9 Å². The molecule has 0 saturated heterocycles. The lowest BCUT2D eigenvalue weighted by Crippen LogP contribution is -2.00. The van der Waals surface area contributed by atoms with Gasteiger partial charge in [-0.05, 0) is 34.4 Å². The second-order valence-corrected chi connectivity index (χ2v) is 6.00. The summed E-state index contributed by atoms with van der Waals surface area (Å²) in [5.74, 6) is -0.181. The molecule has 3 aromatic rings. The summed E-state index contributed by atoms with van der Waals surface area (Å²) in [5, 5.41) is 0. The number of hydrogen-bond donors (Lipinski definition) is 0. The van der Waals surface area contributed by atoms with Crippen LogP contribution in [-0.2, 0) is 4.74 Å². The van der Waals surface area contributed by atoms with Crippen LogP contribution in [0.15, 0.2) is 72.8 Å². The molecular formula is C23H20O3. The van der Waals surface area contributed by atoms with Crippen molar-refractivity contribution in [1.82, 2.24) is 0 Å². The molecule has 130 valence electrons. The van der Waals surface area contributed by atoms with Crippen LogP contribution in [0.4, 0.5) is 0 Å². The Kier molecular flexibility index (Phi) is 5.28. The SMILES string of the molecule is CCC(=O)c1ccc(-c2ccc(-c3ccc(C(=O)OC)cc3)cc2)cc1. The van der Waals surface area contributed by atoms with E-state index in [1.54, 1.807) is 12.1 Å². The number of Topliss-reactive ketones (excluding diaryl/α,β-unsaturated/α-hetero) is 1. The number of ether oxygens (including phenoxy) is 1. The van der Waals surface area contributed by atoms with Gasteiger partial charge in [-0.25, -0.2) is 4.79 Å². The number of esters is 1. The van der Waals surface area contributed by atoms with Gasteiger partial charge in [0, 0.05) is 12.0 Å². The molecule has 3 aromatic carbocycles. The highest BCUT2D eigenvalue weighted by molar-refractivity contribution is 5.96. The minimum atomic E-state index is -0.336. The standard InChI is InChI=1S/C23H20O3/c1-3-22(24)20-12-8-18(9-13-20)16-4-6-17(7-5-16)19-10-14-21(15-11-19)23(25)26-2/h4-15H,3H2,1-2H3. The summed E-state index contributed by atoms with van der Waals surface area (Å²) < 4.78 is 4.72. The number of benzene rings is 3. The molecule has 0 amide bonds. The van der Waals surface area contributed by atoms with Gasteiger partial charge < -0.3 is 4.74 Å². The van der Waals surface area contributed by atoms with Crippen LogP contribution in [0.25, 0.3) is 22.3 Å². The van der Waals surface area contributed by atoms with Crippen LogP contribution in [0.2, 0.25) is 0 Å². The van der Waals surface area contributed by atoms with E-state index in [0.29, 0.717) is 12.0 Å². The molecule has 0 aliphatic carbocycles. The first kappa shape index (κ1) is 17.6. The van der Waals surface area contributed by atoms with E-state index in [-0.39, 0.29) is 11.8 Å². The predicted molar refractivity (Wildman–Crippen MR) is 103 cm³/mol. The number of methoxy groups -OCH3 is 1. The Hall–Kier alpha value is -3.20. The van der Waals surface area contributed by atoms with Gasteiger partial charge in [0.15, 0.2) is 5.78 Å². The van der Waals surface area contributed by atoms with Gasteiger partial charge in [0.1, 0.15) is 0 Å². The van der Waals surface area contributed by atoms with Crippen molar-refractivity contribution in [1.29, 1.82) is 0 Å². The zero-order valence-electron chi connectivity index (χ0n) is 14.9. The lowest BCUT2D eigenvalue weighted by molar-refractivity contribution is 0.0600. The van der Waals surface area contributed by atoms with Crippen molar-refractivity contribution in [2.24, 2.45) is 0 Å². The highest BCUT2D eigenvalue weighted by Gasteiger charge is 2.06. The van der Waals surface area contributed by atoms with E-state index in [9.17, 15) is 9.59 Å². The average Bonchev–Trinajstić information content (AvgIpc) is 2.73. The van der Waals surface area contributed by atoms with Crippen molar-refractivity contribution >= 4 is 11.8 Å². The van der Waals surface area contributed by atoms with E-state index in [4.69, 9.17) is 4.74 Å². The fraction of sp³-hybridized carbons (Fsp3) is 0.130. The number of carbonyl (C=O) groups excluding carboxylic acids is 2. The van der Waals surface area contributed by atoms with Crippen molar-refractivity contribution in [2.75, 3.05) is 7.11 Å². The average molecular weight is 344 g/mol. The highest BCUT2D eigenvalue weighted by atomic mass is 16.5. The van der Waals surface area contributed by atoms with Gasteiger partial charge in [-0.2, -0.15) is 0 Å². The minimum Gasteiger partial charge on any atom is -0.465 e. The van der Waals surface area contributed by atoms with Crippen LogP contribution >= 0.6 is 0 Å². The van der Waals surface area contributed by atoms with Crippen molar-refractivity contribution in [3.8, 4) is 22.3 Å². The molecule has 0 fully saturated rings. The summed E-state index contributed by atoms with van der Waals surface area (Å²) in [6, 6.07) is 23.3. The monoisotopic (exact) mass is 344 g/mol. The van der Waals surface area contributed by atoms with Gasteiger partial charge in [-0.15, -0.1) is 0 Å². The lowest BCUT2D eigenvalue weighted by Gasteiger charge is -2.07. The third-order valence-corrected chi connectivity index (χ3v) is 4.39. The van der Waals surface area contributed by atoms with Crippen molar-refractivity contribution < 1.29 is 14.3 Å². The Morgan fingerprint density at radius 2 is 1.00 bits per heavy atom. The van der Waals surface area contributed by atoms with E-state index < -0.39 is 0 Å². The number of carbonyl (C=O) groups is 2. The fourth-order valence-corrected chi connectivity index (χ4v) is 2.82. The van der Waals surface area contributed by atoms with Crippen LogP contribution < -0.4 is 0 Å². The summed E-state index contributed by atoms with van der Waals surface area (Å²) in [6.07, 6.45) is 0.517. The molecule has 0 aliphatic rings. The molecule has 0 aromatic heterocycles. The number of ketones is 1. The molecule has 0 radical (unpaired) electrons. The Morgan fingerprint density at radius 1 is 0.654 bits per heavy atom. The number of rotatable bonds is 5. The fourth-order valence-electron chi connectivity index (χ4n) is 2.82. The first-order chi connectivity index (χ1) is 12.6. The molecule has 3 rings (SSSR count). The Labute approximate surface area is 153 Å². The Balaban J connectivity index is 1.80. The summed E-state index contributed by atoms with van der Waals surface area (Å²) in [7, 11) is 1.37. The predicted octanol–water partition coefficient (Wildman–Crippen LogP) is 5.40. The second-order valence-electron chi connectivity index (χ2n) is 6.00. The first-order valence-electron chi connectivity index (χ1n) is 8.55. The summed E-state index contributed by atoms with van der Waals surface area (Å²) >= 11 is 0. The molecule has 0 heterocycles. The van der Waals surface area contributed by atoms with Gasteiger partial charge in [0.05, 0.1) is 12.7 Å². The third-order valence-electron chi connectivity index (χ3n) is 4.39. The van der Waals surface area contributed by atoms with Crippen LogP contribution in [0.1, 0.15) is 34.1 Å². The smallest absolute Gasteiger partial charge is 0.337 e. The molecule has 0 saturated carbocycles. The van der Waals surface area contributed by atoms with Crippen molar-refractivity contribution in [2.45, 2.75) is 13.3 Å². The normalized spacial score (nSPS) is 10.4. The maximum Gasteiger partial charge on any atom is 0.337 e. The van der Waals surface area contributed by atoms with Crippen LogP contribution in [-0.4, -0.2) is 18.9 Å². The van der Waals surface area contributed by atoms with E-state index in [1.807, 2.05) is 55.5 Å². The lowest BCUT2D eigenvalue weighted by atomic mass is 9.98.